The number of carboxylic acid groups (broad SMARTS) is 1. The highest BCUT2D eigenvalue weighted by Gasteiger charge is 2.30. The van der Waals surface area contributed by atoms with Crippen LogP contribution in [0.1, 0.15) is 30.5 Å². The molecule has 0 unspecified atom stereocenters. The molecule has 0 bridgehead atoms. The predicted molar refractivity (Wildman–Crippen MR) is 124 cm³/mol. The van der Waals surface area contributed by atoms with Crippen LogP contribution >= 0.6 is 0 Å². The van der Waals surface area contributed by atoms with Crippen LogP contribution in [0.5, 0.6) is 5.75 Å². The second kappa shape index (κ2) is 10.0. The Labute approximate surface area is 195 Å². The molecular formula is C25H26F3N3O3. The first-order chi connectivity index (χ1) is 15.9. The van der Waals surface area contributed by atoms with Gasteiger partial charge in [-0.05, 0) is 67.8 Å². The summed E-state index contributed by atoms with van der Waals surface area (Å²) in [5.41, 5.74) is 5.91. The maximum Gasteiger partial charge on any atom is 0.416 e. The van der Waals surface area contributed by atoms with Crippen LogP contribution in [0.4, 0.5) is 24.7 Å². The molecule has 0 saturated heterocycles. The lowest BCUT2D eigenvalue weighted by Gasteiger charge is -2.24. The van der Waals surface area contributed by atoms with E-state index in [0.29, 0.717) is 42.3 Å². The number of aliphatic carboxylic acids is 1. The van der Waals surface area contributed by atoms with Crippen molar-refractivity contribution in [3.8, 4) is 5.75 Å². The van der Waals surface area contributed by atoms with Gasteiger partial charge in [-0.2, -0.15) is 13.2 Å². The maximum absolute atomic E-state index is 12.9. The summed E-state index contributed by atoms with van der Waals surface area (Å²) >= 11 is 0. The first-order valence-electron chi connectivity index (χ1n) is 10.6. The summed E-state index contributed by atoms with van der Waals surface area (Å²) in [7, 11) is 0. The molecule has 1 heterocycles. The number of carboxylic acids is 1. The Morgan fingerprint density at radius 1 is 1.00 bits per heavy atom. The normalized spacial score (nSPS) is 11.8. The van der Waals surface area contributed by atoms with Gasteiger partial charge in [0, 0.05) is 13.1 Å². The van der Waals surface area contributed by atoms with Crippen LogP contribution in [0.15, 0.2) is 66.9 Å². The largest absolute Gasteiger partial charge is 0.478 e. The van der Waals surface area contributed by atoms with Gasteiger partial charge in [-0.15, -0.1) is 0 Å². The van der Waals surface area contributed by atoms with Gasteiger partial charge >= 0.3 is 12.1 Å². The molecule has 34 heavy (non-hydrogen) atoms. The molecule has 0 amide bonds. The van der Waals surface area contributed by atoms with E-state index in [-0.39, 0.29) is 0 Å². The SMILES string of the molecule is CC(C)(Oc1ccc(CCN(Cc2ccc(C(F)(F)F)cc2)c2ccc(N)cn2)cc1)C(=O)O. The van der Waals surface area contributed by atoms with Crippen LogP contribution < -0.4 is 15.4 Å². The monoisotopic (exact) mass is 473 g/mol. The fraction of sp³-hybridized carbons (Fsp3) is 0.280. The number of ether oxygens (including phenoxy) is 1. The minimum absolute atomic E-state index is 0.364. The molecule has 6 nitrogen and oxygen atoms in total. The Bertz CT molecular complexity index is 1100. The zero-order valence-corrected chi connectivity index (χ0v) is 18.8. The minimum Gasteiger partial charge on any atom is -0.478 e. The summed E-state index contributed by atoms with van der Waals surface area (Å²) in [6.07, 6.45) is -2.23. The maximum atomic E-state index is 12.9. The van der Waals surface area contributed by atoms with Gasteiger partial charge in [0.05, 0.1) is 17.4 Å². The minimum atomic E-state index is -4.38. The molecule has 3 N–H and O–H groups in total. The van der Waals surface area contributed by atoms with Crippen molar-refractivity contribution in [3.63, 3.8) is 0 Å². The molecule has 0 atom stereocenters. The average Bonchev–Trinajstić information content (AvgIpc) is 2.77. The van der Waals surface area contributed by atoms with E-state index in [1.807, 2.05) is 17.0 Å². The molecule has 0 aliphatic heterocycles. The zero-order chi connectivity index (χ0) is 24.9. The predicted octanol–water partition coefficient (Wildman–Crippen LogP) is 5.17. The summed E-state index contributed by atoms with van der Waals surface area (Å²) < 4.78 is 44.2. The molecule has 3 rings (SSSR count). The summed E-state index contributed by atoms with van der Waals surface area (Å²) in [5.74, 6) is 0.0294. The van der Waals surface area contributed by atoms with E-state index in [2.05, 4.69) is 4.98 Å². The Balaban J connectivity index is 1.72. The van der Waals surface area contributed by atoms with Gasteiger partial charge in [-0.25, -0.2) is 9.78 Å². The summed E-state index contributed by atoms with van der Waals surface area (Å²) in [5, 5.41) is 9.20. The van der Waals surface area contributed by atoms with Crippen molar-refractivity contribution in [2.45, 2.75) is 38.6 Å². The number of carbonyl (C=O) groups is 1. The van der Waals surface area contributed by atoms with Gasteiger partial charge in [-0.3, -0.25) is 0 Å². The van der Waals surface area contributed by atoms with E-state index in [1.165, 1.54) is 32.2 Å². The smallest absolute Gasteiger partial charge is 0.416 e. The van der Waals surface area contributed by atoms with Gasteiger partial charge in [0.15, 0.2) is 5.60 Å². The molecule has 3 aromatic rings. The van der Waals surface area contributed by atoms with Gasteiger partial charge in [0.25, 0.3) is 0 Å². The number of benzene rings is 2. The highest BCUT2D eigenvalue weighted by molar-refractivity contribution is 5.76. The van der Waals surface area contributed by atoms with Gasteiger partial charge in [0.1, 0.15) is 11.6 Å². The number of halogens is 3. The summed E-state index contributed by atoms with van der Waals surface area (Å²) in [4.78, 5) is 17.6. The van der Waals surface area contributed by atoms with Crippen LogP contribution in [-0.4, -0.2) is 28.2 Å². The van der Waals surface area contributed by atoms with E-state index in [1.54, 1.807) is 24.3 Å². The topological polar surface area (TPSA) is 88.7 Å². The fourth-order valence-electron chi connectivity index (χ4n) is 3.21. The third-order valence-corrected chi connectivity index (χ3v) is 5.23. The second-order valence-electron chi connectivity index (χ2n) is 8.38. The first kappa shape index (κ1) is 24.9. The molecule has 9 heteroatoms. The third kappa shape index (κ3) is 6.63. The van der Waals surface area contributed by atoms with Gasteiger partial charge in [-0.1, -0.05) is 24.3 Å². The molecule has 0 spiro atoms. The van der Waals surface area contributed by atoms with Crippen molar-refractivity contribution < 1.29 is 27.8 Å². The lowest BCUT2D eigenvalue weighted by Crippen LogP contribution is -2.37. The van der Waals surface area contributed by atoms with Crippen LogP contribution in [-0.2, 0) is 23.9 Å². The number of anilines is 2. The number of hydrogen-bond donors (Lipinski definition) is 2. The second-order valence-corrected chi connectivity index (χ2v) is 8.38. The van der Waals surface area contributed by atoms with Crippen molar-refractivity contribution in [1.82, 2.24) is 4.98 Å². The first-order valence-corrected chi connectivity index (χ1v) is 10.6. The van der Waals surface area contributed by atoms with E-state index in [9.17, 15) is 23.1 Å². The lowest BCUT2D eigenvalue weighted by atomic mass is 10.1. The highest BCUT2D eigenvalue weighted by atomic mass is 19.4. The van der Waals surface area contributed by atoms with Crippen molar-refractivity contribution in [3.05, 3.63) is 83.6 Å². The lowest BCUT2D eigenvalue weighted by molar-refractivity contribution is -0.152. The number of nitrogens with two attached hydrogens (primary N) is 1. The number of pyridine rings is 1. The number of nitrogen functional groups attached to an aromatic ring is 1. The van der Waals surface area contributed by atoms with Crippen molar-refractivity contribution in [1.29, 1.82) is 0 Å². The van der Waals surface area contributed by atoms with Crippen molar-refractivity contribution in [2.24, 2.45) is 0 Å². The molecule has 0 aliphatic rings. The Hall–Kier alpha value is -3.75. The van der Waals surface area contributed by atoms with E-state index in [4.69, 9.17) is 10.5 Å². The molecule has 0 saturated carbocycles. The third-order valence-electron chi connectivity index (χ3n) is 5.23. The van der Waals surface area contributed by atoms with Crippen LogP contribution in [0, 0.1) is 0 Å². The van der Waals surface area contributed by atoms with Crippen molar-refractivity contribution >= 4 is 17.5 Å². The molecular weight excluding hydrogens is 447 g/mol. The number of hydrogen-bond acceptors (Lipinski definition) is 5. The fourth-order valence-corrected chi connectivity index (χ4v) is 3.21. The Morgan fingerprint density at radius 2 is 1.62 bits per heavy atom. The van der Waals surface area contributed by atoms with Crippen molar-refractivity contribution in [2.75, 3.05) is 17.2 Å². The van der Waals surface area contributed by atoms with Crippen LogP contribution in [0.25, 0.3) is 0 Å². The average molecular weight is 473 g/mol. The molecule has 1 aromatic heterocycles. The molecule has 180 valence electrons. The van der Waals surface area contributed by atoms with Crippen LogP contribution in [0.3, 0.4) is 0 Å². The Kier molecular flexibility index (Phi) is 7.34. The molecule has 0 aliphatic carbocycles. The summed E-state index contributed by atoms with van der Waals surface area (Å²) in [6.45, 7) is 3.85. The quantitative estimate of drug-likeness (QED) is 0.446. The van der Waals surface area contributed by atoms with E-state index < -0.39 is 23.3 Å². The number of rotatable bonds is 9. The molecule has 2 aromatic carbocycles. The standard InChI is InChI=1S/C25H26F3N3O3/c1-24(2,23(32)33)34-21-10-5-17(6-11-21)13-14-31(22-12-9-20(29)15-30-22)16-18-3-7-19(8-4-18)25(26,27)28/h3-12,15H,13-14,16,29H2,1-2H3,(H,32,33). The molecule has 0 fully saturated rings. The van der Waals surface area contributed by atoms with E-state index >= 15 is 0 Å². The Morgan fingerprint density at radius 3 is 2.15 bits per heavy atom. The number of aromatic nitrogens is 1. The van der Waals surface area contributed by atoms with Crippen LogP contribution in [0.2, 0.25) is 0 Å². The highest BCUT2D eigenvalue weighted by Crippen LogP contribution is 2.29. The zero-order valence-electron chi connectivity index (χ0n) is 18.8. The van der Waals surface area contributed by atoms with Gasteiger partial charge in [0.2, 0.25) is 0 Å². The molecule has 0 radical (unpaired) electrons. The van der Waals surface area contributed by atoms with Gasteiger partial charge < -0.3 is 20.5 Å². The van der Waals surface area contributed by atoms with E-state index in [0.717, 1.165) is 17.7 Å². The summed E-state index contributed by atoms with van der Waals surface area (Å²) in [6, 6.07) is 15.7. The number of nitrogens with zero attached hydrogens (tertiary/aromatic N) is 2. The number of alkyl halides is 3.